The van der Waals surface area contributed by atoms with Crippen molar-refractivity contribution in [1.29, 1.82) is 0 Å². The van der Waals surface area contributed by atoms with E-state index >= 15 is 0 Å². The second-order valence-electron chi connectivity index (χ2n) is 8.83. The number of nitrogen functional groups attached to an aromatic ring is 1. The van der Waals surface area contributed by atoms with Crippen LogP contribution in [0.4, 0.5) is 5.95 Å². The lowest BCUT2D eigenvalue weighted by molar-refractivity contribution is -0.144. The second kappa shape index (κ2) is 13.2. The first kappa shape index (κ1) is 28.9. The Balaban J connectivity index is 1.60. The number of nitrogens with zero attached hydrogens (tertiary/aromatic N) is 4. The quantitative estimate of drug-likeness (QED) is 0.209. The molecule has 1 saturated heterocycles. The van der Waals surface area contributed by atoms with Crippen LogP contribution in [-0.4, -0.2) is 64.0 Å². The molecule has 1 aliphatic heterocycles. The lowest BCUT2D eigenvalue weighted by Crippen LogP contribution is -2.18. The van der Waals surface area contributed by atoms with Crippen LogP contribution in [0, 0.1) is 5.92 Å². The van der Waals surface area contributed by atoms with Gasteiger partial charge < -0.3 is 19.9 Å². The van der Waals surface area contributed by atoms with Gasteiger partial charge in [0, 0.05) is 13.3 Å². The van der Waals surface area contributed by atoms with Crippen molar-refractivity contribution in [3.05, 3.63) is 6.33 Å². The van der Waals surface area contributed by atoms with Crippen molar-refractivity contribution in [1.82, 2.24) is 19.5 Å². The molecular formula is C22H34N5O9P. The van der Waals surface area contributed by atoms with Crippen LogP contribution in [0.5, 0.6) is 5.88 Å². The monoisotopic (exact) mass is 543 g/mol. The Labute approximate surface area is 214 Å². The molecule has 3 atom stereocenters. The molecule has 1 aliphatic rings. The number of carbonyl (C=O) groups is 2. The highest BCUT2D eigenvalue weighted by molar-refractivity contribution is 7.48. The molecule has 14 nitrogen and oxygen atoms in total. The summed E-state index contributed by atoms with van der Waals surface area (Å²) < 4.78 is 47.4. The van der Waals surface area contributed by atoms with Crippen molar-refractivity contribution < 1.29 is 41.9 Å². The lowest BCUT2D eigenvalue weighted by Gasteiger charge is -2.21. The summed E-state index contributed by atoms with van der Waals surface area (Å²) in [4.78, 5) is 35.3. The summed E-state index contributed by atoms with van der Waals surface area (Å²) in [5, 5.41) is 0. The average molecular weight is 544 g/mol. The smallest absolute Gasteiger partial charge is 0.463 e. The van der Waals surface area contributed by atoms with Gasteiger partial charge in [0.1, 0.15) is 12.8 Å². The molecule has 0 aliphatic carbocycles. The minimum atomic E-state index is -3.92. The summed E-state index contributed by atoms with van der Waals surface area (Å²) in [7, 11) is -3.92. The molecular weight excluding hydrogens is 509 g/mol. The highest BCUT2D eigenvalue weighted by atomic mass is 31.2. The maximum absolute atomic E-state index is 13.1. The fourth-order valence-electron chi connectivity index (χ4n) is 3.45. The minimum absolute atomic E-state index is 0.0348. The molecule has 0 radical (unpaired) electrons. The minimum Gasteiger partial charge on any atom is -0.463 e. The number of phosphoric acid groups is 1. The zero-order valence-electron chi connectivity index (χ0n) is 21.5. The van der Waals surface area contributed by atoms with Crippen molar-refractivity contribution in [2.24, 2.45) is 5.92 Å². The summed E-state index contributed by atoms with van der Waals surface area (Å²) in [6.07, 6.45) is 2.75. The maximum atomic E-state index is 13.1. The maximum Gasteiger partial charge on any atom is 0.475 e. The van der Waals surface area contributed by atoms with Gasteiger partial charge in [0.25, 0.3) is 5.88 Å². The van der Waals surface area contributed by atoms with Crippen LogP contribution in [0.3, 0.4) is 0 Å². The van der Waals surface area contributed by atoms with Crippen LogP contribution in [0.2, 0.25) is 0 Å². The van der Waals surface area contributed by atoms with E-state index < -0.39 is 26.1 Å². The number of ether oxygens (including phenoxy) is 3. The SMILES string of the molecule is CCCC(=O)OCCOP(=O)(OCC(C)C)OC[C@@H]1CC[C@H](n2cnc3c(OC(C)=O)nc(N)nc32)O1. The number of anilines is 1. The lowest BCUT2D eigenvalue weighted by atomic mass is 10.2. The highest BCUT2D eigenvalue weighted by Crippen LogP contribution is 2.50. The number of aromatic nitrogens is 4. The van der Waals surface area contributed by atoms with E-state index in [0.29, 0.717) is 31.3 Å². The van der Waals surface area contributed by atoms with Gasteiger partial charge in [-0.15, -0.1) is 0 Å². The largest absolute Gasteiger partial charge is 0.475 e. The fourth-order valence-corrected chi connectivity index (χ4v) is 4.80. The molecule has 0 amide bonds. The van der Waals surface area contributed by atoms with Crippen LogP contribution in [-0.2, 0) is 37.2 Å². The number of carbonyl (C=O) groups excluding carboxylic acids is 2. The summed E-state index contributed by atoms with van der Waals surface area (Å²) in [5.41, 5.74) is 6.40. The molecule has 2 N–H and O–H groups in total. The van der Waals surface area contributed by atoms with Gasteiger partial charge in [-0.1, -0.05) is 20.8 Å². The Morgan fingerprint density at radius 2 is 2.00 bits per heavy atom. The Morgan fingerprint density at radius 3 is 2.70 bits per heavy atom. The number of imidazole rings is 1. The molecule has 206 valence electrons. The molecule has 0 aromatic carbocycles. The second-order valence-corrected chi connectivity index (χ2v) is 10.5. The fraction of sp³-hybridized carbons (Fsp3) is 0.682. The molecule has 1 fully saturated rings. The molecule has 37 heavy (non-hydrogen) atoms. The zero-order valence-corrected chi connectivity index (χ0v) is 22.3. The van der Waals surface area contributed by atoms with Crippen molar-refractivity contribution >= 4 is 36.9 Å². The first-order valence-electron chi connectivity index (χ1n) is 12.1. The van der Waals surface area contributed by atoms with E-state index in [1.165, 1.54) is 13.3 Å². The number of rotatable bonds is 14. The predicted octanol–water partition coefficient (Wildman–Crippen LogP) is 3.17. The van der Waals surface area contributed by atoms with Crippen LogP contribution in [0.15, 0.2) is 6.33 Å². The summed E-state index contributed by atoms with van der Waals surface area (Å²) in [5.74, 6) is -0.935. The van der Waals surface area contributed by atoms with E-state index in [2.05, 4.69) is 15.0 Å². The highest BCUT2D eigenvalue weighted by Gasteiger charge is 2.33. The Kier molecular flexibility index (Phi) is 10.4. The molecule has 3 heterocycles. The molecule has 0 bridgehead atoms. The van der Waals surface area contributed by atoms with Crippen molar-refractivity contribution in [2.45, 2.75) is 65.7 Å². The van der Waals surface area contributed by atoms with E-state index in [-0.39, 0.29) is 55.7 Å². The summed E-state index contributed by atoms with van der Waals surface area (Å²) >= 11 is 0. The van der Waals surface area contributed by atoms with Crippen molar-refractivity contribution in [3.63, 3.8) is 0 Å². The van der Waals surface area contributed by atoms with Gasteiger partial charge in [-0.3, -0.25) is 27.7 Å². The molecule has 2 aromatic rings. The number of hydrogen-bond donors (Lipinski definition) is 1. The van der Waals surface area contributed by atoms with Crippen LogP contribution < -0.4 is 10.5 Å². The Bertz CT molecular complexity index is 1130. The third-order valence-corrected chi connectivity index (χ3v) is 6.51. The summed E-state index contributed by atoms with van der Waals surface area (Å²) in [6.45, 7) is 6.84. The standard InChI is InChI=1S/C22H34N5O9P/c1-5-6-18(29)31-9-10-32-37(30,33-11-14(2)3)34-12-16-7-8-17(36-16)27-13-24-19-20(27)25-22(23)26-21(19)35-15(4)28/h13-14,16-17H,5-12H2,1-4H3,(H2,23,25,26)/t16-,17+,37?/m0/s1. The topological polar surface area (TPSA) is 176 Å². The van der Waals surface area contributed by atoms with Gasteiger partial charge in [0.05, 0.1) is 32.3 Å². The van der Waals surface area contributed by atoms with E-state index in [0.717, 1.165) is 0 Å². The average Bonchev–Trinajstić information content (AvgIpc) is 3.46. The Morgan fingerprint density at radius 1 is 1.22 bits per heavy atom. The number of phosphoric ester groups is 1. The molecule has 0 spiro atoms. The molecule has 2 aromatic heterocycles. The normalized spacial score (nSPS) is 19.3. The van der Waals surface area contributed by atoms with Gasteiger partial charge in [0.15, 0.2) is 11.2 Å². The van der Waals surface area contributed by atoms with E-state index in [1.54, 1.807) is 4.57 Å². The van der Waals surface area contributed by atoms with Crippen LogP contribution in [0.25, 0.3) is 11.2 Å². The van der Waals surface area contributed by atoms with Gasteiger partial charge >= 0.3 is 19.8 Å². The Hall–Kier alpha value is -2.64. The van der Waals surface area contributed by atoms with Gasteiger partial charge in [-0.25, -0.2) is 9.55 Å². The first-order chi connectivity index (χ1) is 17.6. The predicted molar refractivity (Wildman–Crippen MR) is 130 cm³/mol. The molecule has 3 rings (SSSR count). The third kappa shape index (κ3) is 8.44. The number of fused-ring (bicyclic) bond motifs is 1. The van der Waals surface area contributed by atoms with Crippen molar-refractivity contribution in [3.8, 4) is 5.88 Å². The number of nitrogens with two attached hydrogens (primary N) is 1. The molecule has 15 heteroatoms. The number of esters is 2. The molecule has 1 unspecified atom stereocenters. The number of hydrogen-bond acceptors (Lipinski definition) is 13. The van der Waals surface area contributed by atoms with Gasteiger partial charge in [-0.2, -0.15) is 9.97 Å². The van der Waals surface area contributed by atoms with Crippen molar-refractivity contribution in [2.75, 3.05) is 32.2 Å². The first-order valence-corrected chi connectivity index (χ1v) is 13.6. The zero-order chi connectivity index (χ0) is 27.0. The van der Waals surface area contributed by atoms with Gasteiger partial charge in [-0.05, 0) is 25.2 Å². The van der Waals surface area contributed by atoms with E-state index in [1.807, 2.05) is 20.8 Å². The van der Waals surface area contributed by atoms with Crippen LogP contribution >= 0.6 is 7.82 Å². The van der Waals surface area contributed by atoms with Gasteiger partial charge in [0.2, 0.25) is 5.95 Å². The summed E-state index contributed by atoms with van der Waals surface area (Å²) in [6, 6.07) is 0. The third-order valence-electron chi connectivity index (χ3n) is 5.08. The molecule has 0 saturated carbocycles. The van der Waals surface area contributed by atoms with Crippen LogP contribution in [0.1, 0.15) is 59.6 Å². The van der Waals surface area contributed by atoms with E-state index in [4.69, 9.17) is 33.5 Å². The van der Waals surface area contributed by atoms with E-state index in [9.17, 15) is 14.2 Å².